The second-order valence-corrected chi connectivity index (χ2v) is 7.55. The number of carbonyl (C=O) groups is 3. The van der Waals surface area contributed by atoms with Gasteiger partial charge in [0.15, 0.2) is 6.10 Å². The second-order valence-electron chi connectivity index (χ2n) is 7.11. The molecule has 0 radical (unpaired) electrons. The average Bonchev–Trinajstić information content (AvgIpc) is 2.74. The highest BCUT2D eigenvalue weighted by Crippen LogP contribution is 2.21. The Morgan fingerprint density at radius 3 is 2.46 bits per heavy atom. The summed E-state index contributed by atoms with van der Waals surface area (Å²) in [6.07, 6.45) is 0.514. The Kier molecular flexibility index (Phi) is 6.91. The van der Waals surface area contributed by atoms with Crippen molar-refractivity contribution in [3.05, 3.63) is 34.9 Å². The number of nitrogens with zero attached hydrogens (tertiary/aromatic N) is 2. The molecule has 28 heavy (non-hydrogen) atoms. The van der Waals surface area contributed by atoms with Gasteiger partial charge < -0.3 is 19.3 Å². The topological polar surface area (TPSA) is 76.2 Å². The van der Waals surface area contributed by atoms with E-state index in [4.69, 9.17) is 21.1 Å². The number of hydrogen-bond donors (Lipinski definition) is 0. The van der Waals surface area contributed by atoms with E-state index in [0.717, 1.165) is 0 Å². The smallest absolute Gasteiger partial charge is 0.311 e. The molecule has 2 aliphatic heterocycles. The van der Waals surface area contributed by atoms with Crippen molar-refractivity contribution in [2.24, 2.45) is 5.92 Å². The molecule has 3 rings (SSSR count). The third kappa shape index (κ3) is 5.02. The van der Waals surface area contributed by atoms with Gasteiger partial charge in [0.2, 0.25) is 0 Å². The van der Waals surface area contributed by atoms with Crippen LogP contribution in [0.1, 0.15) is 30.1 Å². The Morgan fingerprint density at radius 2 is 1.79 bits per heavy atom. The van der Waals surface area contributed by atoms with Crippen molar-refractivity contribution < 1.29 is 23.9 Å². The largest absolute Gasteiger partial charge is 0.452 e. The number of hydrogen-bond acceptors (Lipinski definition) is 5. The van der Waals surface area contributed by atoms with Crippen LogP contribution in [-0.2, 0) is 19.1 Å². The minimum Gasteiger partial charge on any atom is -0.452 e. The molecule has 2 saturated heterocycles. The number of amides is 2. The van der Waals surface area contributed by atoms with Crippen LogP contribution in [-0.4, -0.2) is 73.1 Å². The van der Waals surface area contributed by atoms with Gasteiger partial charge in [-0.1, -0.05) is 11.6 Å². The van der Waals surface area contributed by atoms with Crippen LogP contribution in [0.4, 0.5) is 0 Å². The fourth-order valence-corrected chi connectivity index (χ4v) is 3.62. The maximum absolute atomic E-state index is 12.7. The fourth-order valence-electron chi connectivity index (χ4n) is 3.49. The monoisotopic (exact) mass is 408 g/mol. The molecule has 0 saturated carbocycles. The Morgan fingerprint density at radius 1 is 1.11 bits per heavy atom. The van der Waals surface area contributed by atoms with Crippen LogP contribution in [0.5, 0.6) is 0 Å². The maximum atomic E-state index is 12.7. The van der Waals surface area contributed by atoms with E-state index >= 15 is 0 Å². The molecule has 0 unspecified atom stereocenters. The summed E-state index contributed by atoms with van der Waals surface area (Å²) in [4.78, 5) is 41.0. The fraction of sp³-hybridized carbons (Fsp3) is 0.550. The molecule has 2 fully saturated rings. The molecule has 152 valence electrons. The number of rotatable bonds is 4. The summed E-state index contributed by atoms with van der Waals surface area (Å²) in [6, 6.07) is 6.69. The van der Waals surface area contributed by atoms with Crippen molar-refractivity contribution in [2.75, 3.05) is 39.4 Å². The van der Waals surface area contributed by atoms with E-state index in [9.17, 15) is 14.4 Å². The van der Waals surface area contributed by atoms with Gasteiger partial charge in [-0.25, -0.2) is 0 Å². The molecule has 2 atom stereocenters. The Balaban J connectivity index is 1.55. The summed E-state index contributed by atoms with van der Waals surface area (Å²) in [5.41, 5.74) is 0.536. The lowest BCUT2D eigenvalue weighted by atomic mass is 9.97. The summed E-state index contributed by atoms with van der Waals surface area (Å²) in [5, 5.41) is 0.565. The van der Waals surface area contributed by atoms with Crippen LogP contribution in [0.15, 0.2) is 24.3 Å². The van der Waals surface area contributed by atoms with Gasteiger partial charge in [-0.3, -0.25) is 14.4 Å². The maximum Gasteiger partial charge on any atom is 0.311 e. The Labute approximate surface area is 169 Å². The van der Waals surface area contributed by atoms with Gasteiger partial charge in [0.05, 0.1) is 19.1 Å². The summed E-state index contributed by atoms with van der Waals surface area (Å²) in [7, 11) is 0. The predicted molar refractivity (Wildman–Crippen MR) is 103 cm³/mol. The number of piperidine rings is 1. The van der Waals surface area contributed by atoms with Crippen molar-refractivity contribution in [1.82, 2.24) is 9.80 Å². The quantitative estimate of drug-likeness (QED) is 0.712. The molecular weight excluding hydrogens is 384 g/mol. The Bertz CT molecular complexity index is 718. The molecule has 1 aromatic carbocycles. The van der Waals surface area contributed by atoms with E-state index in [-0.39, 0.29) is 11.8 Å². The van der Waals surface area contributed by atoms with Crippen LogP contribution in [0.3, 0.4) is 0 Å². The van der Waals surface area contributed by atoms with E-state index in [1.165, 1.54) is 0 Å². The highest BCUT2D eigenvalue weighted by atomic mass is 35.5. The van der Waals surface area contributed by atoms with Crippen molar-refractivity contribution >= 4 is 29.4 Å². The molecule has 0 aliphatic carbocycles. The third-order valence-corrected chi connectivity index (χ3v) is 5.35. The molecule has 8 heteroatoms. The summed E-state index contributed by atoms with van der Waals surface area (Å²) in [5.74, 6) is -1.19. The predicted octanol–water partition coefficient (Wildman–Crippen LogP) is 1.98. The van der Waals surface area contributed by atoms with Gasteiger partial charge in [-0.05, 0) is 44.0 Å². The van der Waals surface area contributed by atoms with E-state index in [0.29, 0.717) is 62.8 Å². The number of benzene rings is 1. The first-order chi connectivity index (χ1) is 13.5. The average molecular weight is 409 g/mol. The van der Waals surface area contributed by atoms with E-state index in [1.807, 2.05) is 0 Å². The number of morpholine rings is 1. The van der Waals surface area contributed by atoms with E-state index in [2.05, 4.69) is 0 Å². The van der Waals surface area contributed by atoms with Crippen molar-refractivity contribution in [1.29, 1.82) is 0 Å². The van der Waals surface area contributed by atoms with Crippen LogP contribution in [0.25, 0.3) is 0 Å². The third-order valence-electron chi connectivity index (χ3n) is 5.10. The SMILES string of the molecule is C[C@@H](OC(=O)[C@H]1CCCN(C(=O)c2ccc(Cl)cc2)C1)C(=O)N1CCOCC1. The minimum absolute atomic E-state index is 0.133. The summed E-state index contributed by atoms with van der Waals surface area (Å²) < 4.78 is 10.7. The summed E-state index contributed by atoms with van der Waals surface area (Å²) in [6.45, 7) is 4.48. The molecule has 2 heterocycles. The van der Waals surface area contributed by atoms with Crippen molar-refractivity contribution in [2.45, 2.75) is 25.9 Å². The van der Waals surface area contributed by atoms with Crippen LogP contribution >= 0.6 is 11.6 Å². The normalized spacial score (nSPS) is 21.1. The zero-order chi connectivity index (χ0) is 20.1. The lowest BCUT2D eigenvalue weighted by Crippen LogP contribution is -2.47. The molecule has 7 nitrogen and oxygen atoms in total. The van der Waals surface area contributed by atoms with Gasteiger partial charge in [0.1, 0.15) is 0 Å². The number of carbonyl (C=O) groups excluding carboxylic acids is 3. The molecule has 0 bridgehead atoms. The van der Waals surface area contributed by atoms with Crippen LogP contribution in [0, 0.1) is 5.92 Å². The van der Waals surface area contributed by atoms with Crippen molar-refractivity contribution in [3.63, 3.8) is 0 Å². The lowest BCUT2D eigenvalue weighted by molar-refractivity contribution is -0.165. The van der Waals surface area contributed by atoms with Gasteiger partial charge in [0, 0.05) is 36.8 Å². The highest BCUT2D eigenvalue weighted by molar-refractivity contribution is 6.30. The first kappa shape index (κ1) is 20.6. The zero-order valence-corrected chi connectivity index (χ0v) is 16.7. The van der Waals surface area contributed by atoms with Gasteiger partial charge in [-0.2, -0.15) is 0 Å². The molecule has 0 aromatic heterocycles. The number of likely N-dealkylation sites (tertiary alicyclic amines) is 1. The number of ether oxygens (including phenoxy) is 2. The van der Waals surface area contributed by atoms with Gasteiger partial charge in [-0.15, -0.1) is 0 Å². The molecule has 2 aliphatic rings. The molecule has 0 spiro atoms. The second kappa shape index (κ2) is 9.39. The van der Waals surface area contributed by atoms with E-state index in [1.54, 1.807) is 41.0 Å². The molecule has 0 N–H and O–H groups in total. The first-order valence-electron chi connectivity index (χ1n) is 9.57. The highest BCUT2D eigenvalue weighted by Gasteiger charge is 2.33. The number of esters is 1. The summed E-state index contributed by atoms with van der Waals surface area (Å²) >= 11 is 5.87. The van der Waals surface area contributed by atoms with Crippen LogP contribution in [0.2, 0.25) is 5.02 Å². The van der Waals surface area contributed by atoms with Crippen LogP contribution < -0.4 is 0 Å². The molecular formula is C20H25ClN2O5. The van der Waals surface area contributed by atoms with Gasteiger partial charge >= 0.3 is 5.97 Å². The number of halogens is 1. The molecule has 2 amide bonds. The zero-order valence-electron chi connectivity index (χ0n) is 15.9. The Hall–Kier alpha value is -2.12. The first-order valence-corrected chi connectivity index (χ1v) is 9.95. The molecule has 1 aromatic rings. The standard InChI is InChI=1S/C20H25ClN2O5/c1-14(18(24)22-9-11-27-12-10-22)28-20(26)16-3-2-8-23(13-16)19(25)15-4-6-17(21)7-5-15/h4-7,14,16H,2-3,8-13H2,1H3/t14-,16+/m1/s1. The van der Waals surface area contributed by atoms with E-state index < -0.39 is 18.0 Å². The lowest BCUT2D eigenvalue weighted by Gasteiger charge is -2.33. The minimum atomic E-state index is -0.840. The van der Waals surface area contributed by atoms with Gasteiger partial charge in [0.25, 0.3) is 11.8 Å². The van der Waals surface area contributed by atoms with Crippen molar-refractivity contribution in [3.8, 4) is 0 Å².